The second kappa shape index (κ2) is 7.77. The summed E-state index contributed by atoms with van der Waals surface area (Å²) in [4.78, 5) is 2.34. The lowest BCUT2D eigenvalue weighted by Crippen LogP contribution is -2.45. The van der Waals surface area contributed by atoms with Crippen LogP contribution < -0.4 is 4.90 Å². The predicted octanol–water partition coefficient (Wildman–Crippen LogP) is 5.81. The molecule has 1 aliphatic rings. The molecule has 2 atom stereocenters. The first-order chi connectivity index (χ1) is 10.7. The molecule has 0 aliphatic carbocycles. The van der Waals surface area contributed by atoms with Crippen LogP contribution in [0, 0.1) is 0 Å². The summed E-state index contributed by atoms with van der Waals surface area (Å²) in [7, 11) is -1.32. The van der Waals surface area contributed by atoms with E-state index in [2.05, 4.69) is 44.8 Å². The van der Waals surface area contributed by atoms with Crippen LogP contribution in [0.15, 0.2) is 12.1 Å². The molecule has 1 aromatic carbocycles. The van der Waals surface area contributed by atoms with Crippen molar-refractivity contribution in [2.24, 2.45) is 0 Å². The van der Waals surface area contributed by atoms with Crippen LogP contribution in [0.25, 0.3) is 0 Å². The summed E-state index contributed by atoms with van der Waals surface area (Å²) in [6.45, 7) is 13.1. The van der Waals surface area contributed by atoms with E-state index in [1.165, 1.54) is 12.5 Å². The minimum absolute atomic E-state index is 0.222. The van der Waals surface area contributed by atoms with Gasteiger partial charge in [0.2, 0.25) is 0 Å². The van der Waals surface area contributed by atoms with Crippen molar-refractivity contribution in [3.05, 3.63) is 27.7 Å². The standard InChI is InChI=1S/C18H29Cl2NOSi/c1-6-9-23(4,5)12-15-16(19)7-8-17(18(15)20)21-10-13(2)22-14(3)11-21/h7-8,13-14H,6,9-12H2,1-5H3. The van der Waals surface area contributed by atoms with Gasteiger partial charge < -0.3 is 9.64 Å². The first kappa shape index (κ1) is 19.1. The monoisotopic (exact) mass is 373 g/mol. The van der Waals surface area contributed by atoms with E-state index in [1.807, 2.05) is 6.07 Å². The van der Waals surface area contributed by atoms with Gasteiger partial charge in [0.05, 0.1) is 31.0 Å². The molecule has 0 aromatic heterocycles. The molecule has 1 aromatic rings. The summed E-state index contributed by atoms with van der Waals surface area (Å²) in [5, 5.41) is 1.65. The van der Waals surface area contributed by atoms with Crippen molar-refractivity contribution in [2.45, 2.75) is 64.6 Å². The van der Waals surface area contributed by atoms with Crippen molar-refractivity contribution >= 4 is 37.0 Å². The van der Waals surface area contributed by atoms with Gasteiger partial charge in [-0.2, -0.15) is 0 Å². The lowest BCUT2D eigenvalue weighted by Gasteiger charge is -2.37. The molecule has 0 amide bonds. The number of rotatable bonds is 5. The molecule has 1 aliphatic heterocycles. The highest BCUT2D eigenvalue weighted by molar-refractivity contribution is 6.77. The Morgan fingerprint density at radius 3 is 2.35 bits per heavy atom. The number of anilines is 1. The molecule has 0 spiro atoms. The van der Waals surface area contributed by atoms with Crippen LogP contribution in [0.1, 0.15) is 32.8 Å². The molecule has 23 heavy (non-hydrogen) atoms. The Hall–Kier alpha value is -0.223. The van der Waals surface area contributed by atoms with Crippen molar-refractivity contribution in [2.75, 3.05) is 18.0 Å². The maximum Gasteiger partial charge on any atom is 0.0726 e. The van der Waals surface area contributed by atoms with Gasteiger partial charge in [-0.3, -0.25) is 0 Å². The summed E-state index contributed by atoms with van der Waals surface area (Å²) in [5.74, 6) is 0. The van der Waals surface area contributed by atoms with Gasteiger partial charge in [0.15, 0.2) is 0 Å². The third-order valence-corrected chi connectivity index (χ3v) is 8.45. The number of ether oxygens (including phenoxy) is 1. The van der Waals surface area contributed by atoms with E-state index in [1.54, 1.807) is 0 Å². The van der Waals surface area contributed by atoms with Gasteiger partial charge in [0, 0.05) is 18.1 Å². The SMILES string of the molecule is CCC[Si](C)(C)Cc1c(Cl)ccc(N2CC(C)OC(C)C2)c1Cl. The van der Waals surface area contributed by atoms with Crippen LogP contribution in [0.2, 0.25) is 29.2 Å². The summed E-state index contributed by atoms with van der Waals surface area (Å²) < 4.78 is 5.84. The first-order valence-electron chi connectivity index (χ1n) is 8.61. The third-order valence-electron chi connectivity index (χ3n) is 4.51. The summed E-state index contributed by atoms with van der Waals surface area (Å²) in [6.07, 6.45) is 1.67. The lowest BCUT2D eigenvalue weighted by atomic mass is 10.1. The van der Waals surface area contributed by atoms with E-state index in [0.29, 0.717) is 0 Å². The Labute approximate surface area is 152 Å². The van der Waals surface area contributed by atoms with Gasteiger partial charge in [-0.15, -0.1) is 0 Å². The van der Waals surface area contributed by atoms with E-state index in [4.69, 9.17) is 27.9 Å². The molecular weight excluding hydrogens is 345 g/mol. The van der Waals surface area contributed by atoms with Crippen molar-refractivity contribution in [1.29, 1.82) is 0 Å². The zero-order chi connectivity index (χ0) is 17.2. The molecule has 0 N–H and O–H groups in total. The fourth-order valence-corrected chi connectivity index (χ4v) is 7.31. The Morgan fingerprint density at radius 2 is 1.78 bits per heavy atom. The molecule has 2 nitrogen and oxygen atoms in total. The second-order valence-electron chi connectivity index (χ2n) is 7.61. The summed E-state index contributed by atoms with van der Waals surface area (Å²) in [6, 6.07) is 6.42. The highest BCUT2D eigenvalue weighted by Crippen LogP contribution is 2.37. The molecule has 1 fully saturated rings. The molecule has 1 heterocycles. The van der Waals surface area contributed by atoms with E-state index in [9.17, 15) is 0 Å². The van der Waals surface area contributed by atoms with Gasteiger partial charge in [-0.25, -0.2) is 0 Å². The molecule has 2 unspecified atom stereocenters. The number of hydrogen-bond donors (Lipinski definition) is 0. The van der Waals surface area contributed by atoms with Gasteiger partial charge in [0.1, 0.15) is 0 Å². The molecule has 0 saturated carbocycles. The van der Waals surface area contributed by atoms with Gasteiger partial charge in [-0.05, 0) is 37.6 Å². The fraction of sp³-hybridized carbons (Fsp3) is 0.667. The molecule has 1 saturated heterocycles. The van der Waals surface area contributed by atoms with Crippen molar-refractivity contribution < 1.29 is 4.74 Å². The van der Waals surface area contributed by atoms with E-state index in [0.717, 1.165) is 40.4 Å². The number of morpholine rings is 1. The highest BCUT2D eigenvalue weighted by atomic mass is 35.5. The van der Waals surface area contributed by atoms with Crippen LogP contribution in [0.5, 0.6) is 0 Å². The summed E-state index contributed by atoms with van der Waals surface area (Å²) in [5.41, 5.74) is 2.25. The number of hydrogen-bond acceptors (Lipinski definition) is 2. The third kappa shape index (κ3) is 4.88. The van der Waals surface area contributed by atoms with Crippen LogP contribution in [-0.2, 0) is 10.8 Å². The average Bonchev–Trinajstić information content (AvgIpc) is 2.42. The zero-order valence-corrected chi connectivity index (χ0v) is 17.5. The van der Waals surface area contributed by atoms with Crippen molar-refractivity contribution in [3.63, 3.8) is 0 Å². The second-order valence-corrected chi connectivity index (χ2v) is 13.6. The highest BCUT2D eigenvalue weighted by Gasteiger charge is 2.27. The molecule has 2 rings (SSSR count). The van der Waals surface area contributed by atoms with Crippen LogP contribution in [0.3, 0.4) is 0 Å². The van der Waals surface area contributed by atoms with E-state index in [-0.39, 0.29) is 12.2 Å². The molecule has 0 bridgehead atoms. The van der Waals surface area contributed by atoms with Gasteiger partial charge >= 0.3 is 0 Å². The van der Waals surface area contributed by atoms with Gasteiger partial charge in [-0.1, -0.05) is 55.7 Å². The Bertz CT molecular complexity index is 540. The number of nitrogens with zero attached hydrogens (tertiary/aromatic N) is 1. The van der Waals surface area contributed by atoms with Crippen LogP contribution in [-0.4, -0.2) is 33.4 Å². The largest absolute Gasteiger partial charge is 0.372 e. The van der Waals surface area contributed by atoms with E-state index >= 15 is 0 Å². The minimum Gasteiger partial charge on any atom is -0.372 e. The molecule has 5 heteroatoms. The predicted molar refractivity (Wildman–Crippen MR) is 105 cm³/mol. The molecular formula is C18H29Cl2NOSi. The quantitative estimate of drug-likeness (QED) is 0.603. The Morgan fingerprint density at radius 1 is 1.17 bits per heavy atom. The van der Waals surface area contributed by atoms with Crippen LogP contribution in [0.4, 0.5) is 5.69 Å². The van der Waals surface area contributed by atoms with Crippen LogP contribution >= 0.6 is 23.2 Å². The Kier molecular flexibility index (Phi) is 6.46. The normalized spacial score (nSPS) is 22.5. The lowest BCUT2D eigenvalue weighted by molar-refractivity contribution is -0.00521. The zero-order valence-electron chi connectivity index (χ0n) is 15.0. The first-order valence-corrected chi connectivity index (χ1v) is 12.8. The number of benzene rings is 1. The van der Waals surface area contributed by atoms with Crippen molar-refractivity contribution in [3.8, 4) is 0 Å². The maximum absolute atomic E-state index is 6.80. The van der Waals surface area contributed by atoms with E-state index < -0.39 is 8.07 Å². The molecule has 0 radical (unpaired) electrons. The van der Waals surface area contributed by atoms with Crippen molar-refractivity contribution in [1.82, 2.24) is 0 Å². The summed E-state index contributed by atoms with van der Waals surface area (Å²) >= 11 is 13.3. The smallest absolute Gasteiger partial charge is 0.0726 e. The Balaban J connectivity index is 2.31. The minimum atomic E-state index is -1.32. The number of halogens is 2. The molecule has 130 valence electrons. The van der Waals surface area contributed by atoms with Gasteiger partial charge in [0.25, 0.3) is 0 Å². The fourth-order valence-electron chi connectivity index (χ4n) is 3.61. The topological polar surface area (TPSA) is 12.5 Å². The average molecular weight is 374 g/mol. The maximum atomic E-state index is 6.80.